The second-order valence-corrected chi connectivity index (χ2v) is 7.52. The highest BCUT2D eigenvalue weighted by Crippen LogP contribution is 2.32. The zero-order chi connectivity index (χ0) is 17.6. The molecule has 1 heterocycles. The summed E-state index contributed by atoms with van der Waals surface area (Å²) in [7, 11) is 2.01. The molecule has 1 aromatic heterocycles. The first kappa shape index (κ1) is 18.0. The number of carbonyl (C=O) groups is 1. The molecule has 6 heteroatoms. The summed E-state index contributed by atoms with van der Waals surface area (Å²) in [4.78, 5) is 12.3. The van der Waals surface area contributed by atoms with E-state index in [1.807, 2.05) is 31.3 Å². The van der Waals surface area contributed by atoms with E-state index in [4.69, 9.17) is 0 Å². The molecular formula is C19H26N4OS. The summed E-state index contributed by atoms with van der Waals surface area (Å²) in [6, 6.07) is 7.93. The van der Waals surface area contributed by atoms with Gasteiger partial charge in [-0.1, -0.05) is 56.1 Å². The van der Waals surface area contributed by atoms with Gasteiger partial charge in [-0.3, -0.25) is 4.79 Å². The number of hydrogen-bond donors (Lipinski definition) is 1. The van der Waals surface area contributed by atoms with E-state index in [-0.39, 0.29) is 5.91 Å². The molecule has 25 heavy (non-hydrogen) atoms. The smallest absolute Gasteiger partial charge is 0.234 e. The summed E-state index contributed by atoms with van der Waals surface area (Å²) in [5.74, 6) is 1.92. The van der Waals surface area contributed by atoms with Crippen LogP contribution in [0.25, 0.3) is 0 Å². The monoisotopic (exact) mass is 358 g/mol. The predicted octanol–water partition coefficient (Wildman–Crippen LogP) is 4.16. The van der Waals surface area contributed by atoms with Gasteiger partial charge in [0, 0.05) is 18.7 Å². The minimum absolute atomic E-state index is 0.00637. The Bertz CT molecular complexity index is 722. The average molecular weight is 359 g/mol. The molecule has 0 atom stereocenters. The van der Waals surface area contributed by atoms with Crippen molar-refractivity contribution in [2.45, 2.75) is 56.5 Å². The van der Waals surface area contributed by atoms with Gasteiger partial charge in [-0.2, -0.15) is 0 Å². The largest absolute Gasteiger partial charge is 0.325 e. The lowest BCUT2D eigenvalue weighted by atomic mass is 9.89. The molecule has 1 aliphatic carbocycles. The molecule has 1 aromatic carbocycles. The van der Waals surface area contributed by atoms with Crippen LogP contribution in [-0.2, 0) is 18.3 Å². The molecular weight excluding hydrogens is 332 g/mol. The van der Waals surface area contributed by atoms with E-state index in [0.717, 1.165) is 28.7 Å². The van der Waals surface area contributed by atoms with Crippen molar-refractivity contribution in [2.24, 2.45) is 7.05 Å². The SMILES string of the molecule is CCc1ccccc1NC(=O)CSc1nnc(C2CCCCC2)n1C. The number of amides is 1. The average Bonchev–Trinajstić information content (AvgIpc) is 3.02. The zero-order valence-electron chi connectivity index (χ0n) is 15.0. The highest BCUT2D eigenvalue weighted by molar-refractivity contribution is 7.99. The van der Waals surface area contributed by atoms with Gasteiger partial charge < -0.3 is 9.88 Å². The highest BCUT2D eigenvalue weighted by atomic mass is 32.2. The van der Waals surface area contributed by atoms with Gasteiger partial charge in [0.25, 0.3) is 0 Å². The molecule has 1 saturated carbocycles. The zero-order valence-corrected chi connectivity index (χ0v) is 15.8. The number of nitrogens with zero attached hydrogens (tertiary/aromatic N) is 3. The Kier molecular flexibility index (Phi) is 6.13. The lowest BCUT2D eigenvalue weighted by Gasteiger charge is -2.20. The van der Waals surface area contributed by atoms with Crippen molar-refractivity contribution in [2.75, 3.05) is 11.1 Å². The molecule has 134 valence electrons. The standard InChI is InChI=1S/C19H26N4OS/c1-3-14-9-7-8-12-16(14)20-17(24)13-25-19-22-21-18(23(19)2)15-10-5-4-6-11-15/h7-9,12,15H,3-6,10-11,13H2,1-2H3,(H,20,24). The van der Waals surface area contributed by atoms with Crippen LogP contribution in [-0.4, -0.2) is 26.4 Å². The fourth-order valence-electron chi connectivity index (χ4n) is 3.44. The predicted molar refractivity (Wildman–Crippen MR) is 102 cm³/mol. The number of nitrogens with one attached hydrogen (secondary N) is 1. The van der Waals surface area contributed by atoms with Crippen molar-refractivity contribution in [1.82, 2.24) is 14.8 Å². The lowest BCUT2D eigenvalue weighted by molar-refractivity contribution is -0.113. The van der Waals surface area contributed by atoms with Crippen molar-refractivity contribution in [3.63, 3.8) is 0 Å². The molecule has 0 radical (unpaired) electrons. The Morgan fingerprint density at radius 3 is 2.76 bits per heavy atom. The van der Waals surface area contributed by atoms with E-state index in [1.165, 1.54) is 43.9 Å². The van der Waals surface area contributed by atoms with E-state index in [9.17, 15) is 4.79 Å². The van der Waals surface area contributed by atoms with Crippen molar-refractivity contribution in [3.05, 3.63) is 35.7 Å². The molecule has 0 bridgehead atoms. The molecule has 0 spiro atoms. The van der Waals surface area contributed by atoms with Crippen LogP contribution in [0.3, 0.4) is 0 Å². The van der Waals surface area contributed by atoms with Gasteiger partial charge in [-0.15, -0.1) is 10.2 Å². The van der Waals surface area contributed by atoms with Gasteiger partial charge in [-0.25, -0.2) is 0 Å². The maximum Gasteiger partial charge on any atom is 0.234 e. The molecule has 1 amide bonds. The number of aromatic nitrogens is 3. The van der Waals surface area contributed by atoms with Crippen LogP contribution >= 0.6 is 11.8 Å². The number of carbonyl (C=O) groups excluding carboxylic acids is 1. The summed E-state index contributed by atoms with van der Waals surface area (Å²) in [5.41, 5.74) is 2.05. The first-order valence-electron chi connectivity index (χ1n) is 9.09. The Hall–Kier alpha value is -1.82. The fraction of sp³-hybridized carbons (Fsp3) is 0.526. The number of hydrogen-bond acceptors (Lipinski definition) is 4. The van der Waals surface area contributed by atoms with Crippen molar-refractivity contribution in [3.8, 4) is 0 Å². The summed E-state index contributed by atoms with van der Waals surface area (Å²) in [5, 5.41) is 12.5. The molecule has 0 unspecified atom stereocenters. The quantitative estimate of drug-likeness (QED) is 0.788. The summed E-state index contributed by atoms with van der Waals surface area (Å²) in [6.07, 6.45) is 7.18. The number of para-hydroxylation sites is 1. The van der Waals surface area contributed by atoms with Crippen LogP contribution in [0.1, 0.15) is 56.3 Å². The third-order valence-electron chi connectivity index (χ3n) is 4.84. The Morgan fingerprint density at radius 2 is 2.00 bits per heavy atom. The van der Waals surface area contributed by atoms with Gasteiger partial charge in [0.2, 0.25) is 5.91 Å². The maximum atomic E-state index is 12.3. The summed E-state index contributed by atoms with van der Waals surface area (Å²) in [6.45, 7) is 2.09. The van der Waals surface area contributed by atoms with Crippen LogP contribution in [0.4, 0.5) is 5.69 Å². The molecule has 0 saturated heterocycles. The third kappa shape index (κ3) is 4.42. The lowest BCUT2D eigenvalue weighted by Crippen LogP contribution is -2.16. The molecule has 1 fully saturated rings. The second-order valence-electron chi connectivity index (χ2n) is 6.58. The van der Waals surface area contributed by atoms with Gasteiger partial charge in [0.05, 0.1) is 5.75 Å². The van der Waals surface area contributed by atoms with Crippen LogP contribution in [0, 0.1) is 0 Å². The van der Waals surface area contributed by atoms with Crippen molar-refractivity contribution in [1.29, 1.82) is 0 Å². The number of anilines is 1. The van der Waals surface area contributed by atoms with Crippen LogP contribution in [0.15, 0.2) is 29.4 Å². The summed E-state index contributed by atoms with van der Waals surface area (Å²) >= 11 is 1.45. The van der Waals surface area contributed by atoms with Crippen LogP contribution in [0.5, 0.6) is 0 Å². The van der Waals surface area contributed by atoms with Gasteiger partial charge in [0.15, 0.2) is 5.16 Å². The van der Waals surface area contributed by atoms with Gasteiger partial charge in [0.1, 0.15) is 5.82 Å². The van der Waals surface area contributed by atoms with Crippen molar-refractivity contribution < 1.29 is 4.79 Å². The Labute approximate surface area is 153 Å². The van der Waals surface area contributed by atoms with Crippen LogP contribution in [0.2, 0.25) is 0 Å². The van der Waals surface area contributed by atoms with E-state index in [2.05, 4.69) is 27.0 Å². The van der Waals surface area contributed by atoms with Crippen molar-refractivity contribution >= 4 is 23.4 Å². The molecule has 3 rings (SSSR count). The number of benzene rings is 1. The Morgan fingerprint density at radius 1 is 1.24 bits per heavy atom. The topological polar surface area (TPSA) is 59.8 Å². The van der Waals surface area contributed by atoms with E-state index < -0.39 is 0 Å². The van der Waals surface area contributed by atoms with Crippen LogP contribution < -0.4 is 5.32 Å². The minimum atomic E-state index is -0.00637. The molecule has 1 aliphatic rings. The van der Waals surface area contributed by atoms with E-state index >= 15 is 0 Å². The Balaban J connectivity index is 1.58. The third-order valence-corrected chi connectivity index (χ3v) is 5.86. The minimum Gasteiger partial charge on any atom is -0.325 e. The number of rotatable bonds is 6. The molecule has 1 N–H and O–H groups in total. The van der Waals surface area contributed by atoms with E-state index in [0.29, 0.717) is 11.7 Å². The normalized spacial score (nSPS) is 15.3. The van der Waals surface area contributed by atoms with Gasteiger partial charge in [-0.05, 0) is 30.9 Å². The van der Waals surface area contributed by atoms with Gasteiger partial charge >= 0.3 is 0 Å². The first-order chi connectivity index (χ1) is 12.2. The number of thioether (sulfide) groups is 1. The second kappa shape index (κ2) is 8.52. The number of aryl methyl sites for hydroxylation is 1. The molecule has 0 aliphatic heterocycles. The molecule has 2 aromatic rings. The summed E-state index contributed by atoms with van der Waals surface area (Å²) < 4.78 is 2.06. The highest BCUT2D eigenvalue weighted by Gasteiger charge is 2.22. The van der Waals surface area contributed by atoms with E-state index in [1.54, 1.807) is 0 Å². The maximum absolute atomic E-state index is 12.3. The first-order valence-corrected chi connectivity index (χ1v) is 10.1. The fourth-order valence-corrected chi connectivity index (χ4v) is 4.15. The molecule has 5 nitrogen and oxygen atoms in total.